The normalized spacial score (nSPS) is 25.8. The Hall–Kier alpha value is -0.260. The summed E-state index contributed by atoms with van der Waals surface area (Å²) < 4.78 is 4.91. The number of rotatable bonds is 5. The van der Waals surface area contributed by atoms with Crippen molar-refractivity contribution in [3.63, 3.8) is 0 Å². The first-order valence-corrected chi connectivity index (χ1v) is 6.83. The number of aliphatic hydroxyl groups is 1. The Morgan fingerprint density at radius 2 is 2.38 bits per heavy atom. The second-order valence-corrected chi connectivity index (χ2v) is 5.32. The zero-order valence-corrected chi connectivity index (χ0v) is 10.8. The molecule has 1 amide bonds. The molecule has 1 heterocycles. The number of piperidine rings is 1. The van der Waals surface area contributed by atoms with E-state index in [9.17, 15) is 9.90 Å². The van der Waals surface area contributed by atoms with Crippen molar-refractivity contribution in [3.8, 4) is 0 Å². The van der Waals surface area contributed by atoms with E-state index in [2.05, 4.69) is 0 Å². The highest BCUT2D eigenvalue weighted by atomic mass is 32.2. The summed E-state index contributed by atoms with van der Waals surface area (Å²) in [5.74, 6) is 1.77. The Labute approximate surface area is 101 Å². The molecule has 1 aliphatic rings. The Balaban J connectivity index is 2.21. The molecule has 16 heavy (non-hydrogen) atoms. The van der Waals surface area contributed by atoms with Gasteiger partial charge in [0.25, 0.3) is 0 Å². The summed E-state index contributed by atoms with van der Waals surface area (Å²) in [4.78, 5) is 13.5. The van der Waals surface area contributed by atoms with Gasteiger partial charge in [0.1, 0.15) is 0 Å². The molecule has 4 nitrogen and oxygen atoms in total. The largest absolute Gasteiger partial charge is 0.391 e. The zero-order chi connectivity index (χ0) is 12.0. The van der Waals surface area contributed by atoms with Crippen molar-refractivity contribution in [2.45, 2.75) is 19.4 Å². The van der Waals surface area contributed by atoms with E-state index >= 15 is 0 Å². The van der Waals surface area contributed by atoms with E-state index in [0.717, 1.165) is 18.7 Å². The predicted octanol–water partition coefficient (Wildman–Crippen LogP) is 0.595. The van der Waals surface area contributed by atoms with E-state index in [1.807, 2.05) is 6.92 Å². The fourth-order valence-electron chi connectivity index (χ4n) is 1.67. The van der Waals surface area contributed by atoms with Crippen LogP contribution < -0.4 is 0 Å². The number of hydrogen-bond acceptors (Lipinski definition) is 4. The molecular weight excluding hydrogens is 226 g/mol. The van der Waals surface area contributed by atoms with Crippen LogP contribution in [0, 0.1) is 5.92 Å². The van der Waals surface area contributed by atoms with E-state index in [1.54, 1.807) is 23.8 Å². The number of nitrogens with zero attached hydrogens (tertiary/aromatic N) is 1. The van der Waals surface area contributed by atoms with Gasteiger partial charge in [-0.1, -0.05) is 6.92 Å². The number of ether oxygens (including phenoxy) is 1. The van der Waals surface area contributed by atoms with Crippen molar-refractivity contribution >= 4 is 17.7 Å². The Morgan fingerprint density at radius 3 is 3.00 bits per heavy atom. The van der Waals surface area contributed by atoms with Gasteiger partial charge in [-0.3, -0.25) is 4.79 Å². The molecule has 1 N–H and O–H groups in total. The van der Waals surface area contributed by atoms with Crippen molar-refractivity contribution in [1.29, 1.82) is 0 Å². The fourth-order valence-corrected chi connectivity index (χ4v) is 2.45. The molecular formula is C11H21NO3S. The summed E-state index contributed by atoms with van der Waals surface area (Å²) in [6, 6.07) is 0. The quantitative estimate of drug-likeness (QED) is 0.723. The van der Waals surface area contributed by atoms with Crippen LogP contribution in [0.25, 0.3) is 0 Å². The summed E-state index contributed by atoms with van der Waals surface area (Å²) in [6.45, 7) is 3.98. The lowest BCUT2D eigenvalue weighted by atomic mass is 9.96. The first-order valence-electron chi connectivity index (χ1n) is 5.67. The molecule has 1 rings (SSSR count). The third-order valence-electron chi connectivity index (χ3n) is 2.93. The number of β-amino-alcohol motifs (C(OH)–C–C–N with tert-alkyl or cyclic N) is 1. The van der Waals surface area contributed by atoms with Crippen molar-refractivity contribution in [1.82, 2.24) is 4.90 Å². The molecule has 94 valence electrons. The highest BCUT2D eigenvalue weighted by Gasteiger charge is 2.26. The first-order chi connectivity index (χ1) is 7.65. The van der Waals surface area contributed by atoms with Gasteiger partial charge in [-0.2, -0.15) is 0 Å². The van der Waals surface area contributed by atoms with Gasteiger partial charge in [-0.05, 0) is 12.3 Å². The van der Waals surface area contributed by atoms with Crippen molar-refractivity contribution < 1.29 is 14.6 Å². The minimum absolute atomic E-state index is 0.132. The average Bonchev–Trinajstić information content (AvgIpc) is 2.28. The van der Waals surface area contributed by atoms with Crippen molar-refractivity contribution in [3.05, 3.63) is 0 Å². The molecule has 0 aromatic heterocycles. The number of methoxy groups -OCH3 is 1. The summed E-state index contributed by atoms with van der Waals surface area (Å²) in [5, 5.41) is 9.69. The minimum Gasteiger partial charge on any atom is -0.391 e. The molecule has 0 aliphatic carbocycles. The molecule has 0 aromatic carbocycles. The monoisotopic (exact) mass is 247 g/mol. The van der Waals surface area contributed by atoms with Crippen LogP contribution in [-0.4, -0.2) is 60.3 Å². The van der Waals surface area contributed by atoms with Crippen molar-refractivity contribution in [2.75, 3.05) is 38.3 Å². The number of carbonyl (C=O) groups is 1. The lowest BCUT2D eigenvalue weighted by molar-refractivity contribution is -0.132. The standard InChI is InChI=1S/C11H21NO3S/c1-9-3-4-12(7-10(9)13)11(14)8-16-6-5-15-2/h9-10,13H,3-8H2,1-2H3. The Bertz CT molecular complexity index is 225. The van der Waals surface area contributed by atoms with Crippen LogP contribution in [0.15, 0.2) is 0 Å². The van der Waals surface area contributed by atoms with E-state index in [0.29, 0.717) is 24.8 Å². The molecule has 0 spiro atoms. The van der Waals surface area contributed by atoms with Crippen molar-refractivity contribution in [2.24, 2.45) is 5.92 Å². The maximum Gasteiger partial charge on any atom is 0.232 e. The third kappa shape index (κ3) is 4.31. The molecule has 0 aromatic rings. The van der Waals surface area contributed by atoms with Crippen LogP contribution in [0.1, 0.15) is 13.3 Å². The van der Waals surface area contributed by atoms with Gasteiger partial charge >= 0.3 is 0 Å². The van der Waals surface area contributed by atoms with Crippen LogP contribution in [-0.2, 0) is 9.53 Å². The van der Waals surface area contributed by atoms with Crippen LogP contribution >= 0.6 is 11.8 Å². The molecule has 0 radical (unpaired) electrons. The number of amides is 1. The van der Waals surface area contributed by atoms with Gasteiger partial charge in [0, 0.05) is 26.0 Å². The van der Waals surface area contributed by atoms with Crippen LogP contribution in [0.5, 0.6) is 0 Å². The van der Waals surface area contributed by atoms with Gasteiger partial charge in [-0.25, -0.2) is 0 Å². The maximum atomic E-state index is 11.8. The van der Waals surface area contributed by atoms with E-state index in [-0.39, 0.29) is 12.0 Å². The molecule has 2 unspecified atom stereocenters. The van der Waals surface area contributed by atoms with E-state index in [1.165, 1.54) is 0 Å². The fraction of sp³-hybridized carbons (Fsp3) is 0.909. The topological polar surface area (TPSA) is 49.8 Å². The zero-order valence-electron chi connectivity index (χ0n) is 10.0. The Kier molecular flexibility index (Phi) is 6.16. The molecule has 0 saturated carbocycles. The average molecular weight is 247 g/mol. The van der Waals surface area contributed by atoms with Gasteiger partial charge in [0.05, 0.1) is 18.5 Å². The smallest absolute Gasteiger partial charge is 0.232 e. The second kappa shape index (κ2) is 7.14. The molecule has 2 atom stereocenters. The molecule has 1 saturated heterocycles. The van der Waals surface area contributed by atoms with Gasteiger partial charge in [-0.15, -0.1) is 11.8 Å². The number of aliphatic hydroxyl groups excluding tert-OH is 1. The molecule has 5 heteroatoms. The van der Waals surface area contributed by atoms with Crippen LogP contribution in [0.3, 0.4) is 0 Å². The van der Waals surface area contributed by atoms with E-state index in [4.69, 9.17) is 4.74 Å². The van der Waals surface area contributed by atoms with Crippen LogP contribution in [0.2, 0.25) is 0 Å². The number of likely N-dealkylation sites (tertiary alicyclic amines) is 1. The summed E-state index contributed by atoms with van der Waals surface area (Å²) >= 11 is 1.58. The highest BCUT2D eigenvalue weighted by molar-refractivity contribution is 7.99. The first kappa shape index (κ1) is 13.8. The lowest BCUT2D eigenvalue weighted by Gasteiger charge is -2.34. The number of carbonyl (C=O) groups excluding carboxylic acids is 1. The van der Waals surface area contributed by atoms with E-state index < -0.39 is 0 Å². The minimum atomic E-state index is -0.360. The van der Waals surface area contributed by atoms with Gasteiger partial charge in [0.2, 0.25) is 5.91 Å². The van der Waals surface area contributed by atoms with Gasteiger partial charge < -0.3 is 14.7 Å². The SMILES string of the molecule is COCCSCC(=O)N1CCC(C)C(O)C1. The molecule has 1 aliphatic heterocycles. The Morgan fingerprint density at radius 1 is 1.62 bits per heavy atom. The number of hydrogen-bond donors (Lipinski definition) is 1. The summed E-state index contributed by atoms with van der Waals surface area (Å²) in [7, 11) is 1.66. The maximum absolute atomic E-state index is 11.8. The lowest BCUT2D eigenvalue weighted by Crippen LogP contribution is -2.46. The van der Waals surface area contributed by atoms with Crippen LogP contribution in [0.4, 0.5) is 0 Å². The summed E-state index contributed by atoms with van der Waals surface area (Å²) in [6.07, 6.45) is 0.539. The predicted molar refractivity (Wildman–Crippen MR) is 65.6 cm³/mol. The third-order valence-corrected chi connectivity index (χ3v) is 3.84. The second-order valence-electron chi connectivity index (χ2n) is 4.22. The summed E-state index contributed by atoms with van der Waals surface area (Å²) in [5.41, 5.74) is 0. The van der Waals surface area contributed by atoms with Gasteiger partial charge in [0.15, 0.2) is 0 Å². The molecule has 1 fully saturated rings. The number of thioether (sulfide) groups is 1. The highest BCUT2D eigenvalue weighted by Crippen LogP contribution is 2.17. The molecule has 0 bridgehead atoms.